The van der Waals surface area contributed by atoms with Gasteiger partial charge in [-0.3, -0.25) is 9.59 Å². The van der Waals surface area contributed by atoms with Crippen molar-refractivity contribution < 1.29 is 24.6 Å². The minimum Gasteiger partial charge on any atom is -0.480 e. The molecule has 118 valence electrons. The number of carboxylic acid groups (broad SMARTS) is 2. The molecule has 0 aromatic heterocycles. The van der Waals surface area contributed by atoms with Crippen LogP contribution in [0, 0.1) is 0 Å². The highest BCUT2D eigenvalue weighted by Gasteiger charge is 2.15. The molecular formula is C11H23N3O5S. The lowest BCUT2D eigenvalue weighted by atomic mass is 10.1. The Morgan fingerprint density at radius 3 is 2.00 bits per heavy atom. The van der Waals surface area contributed by atoms with Crippen LogP contribution in [0.2, 0.25) is 0 Å². The zero-order valence-electron chi connectivity index (χ0n) is 11.4. The van der Waals surface area contributed by atoms with Gasteiger partial charge >= 0.3 is 11.9 Å². The van der Waals surface area contributed by atoms with Gasteiger partial charge in [0.05, 0.1) is 0 Å². The van der Waals surface area contributed by atoms with E-state index in [0.717, 1.165) is 12.8 Å². The number of carbonyl (C=O) groups excluding carboxylic acids is 1. The number of amides is 1. The van der Waals surface area contributed by atoms with Crippen LogP contribution in [0.1, 0.15) is 26.2 Å². The molecule has 0 saturated heterocycles. The first-order valence-corrected chi connectivity index (χ1v) is 6.68. The molecule has 20 heavy (non-hydrogen) atoms. The predicted molar refractivity (Wildman–Crippen MR) is 77.6 cm³/mol. The molecule has 0 aromatic carbocycles. The van der Waals surface area contributed by atoms with E-state index in [4.69, 9.17) is 21.7 Å². The number of carboxylic acids is 2. The minimum atomic E-state index is -1.06. The monoisotopic (exact) mass is 309 g/mol. The quantitative estimate of drug-likeness (QED) is 0.249. The maximum Gasteiger partial charge on any atom is 0.327 e. The Kier molecular flexibility index (Phi) is 13.3. The number of thiol groups is 1. The summed E-state index contributed by atoms with van der Waals surface area (Å²) in [5.74, 6) is -2.25. The van der Waals surface area contributed by atoms with Crippen molar-refractivity contribution in [2.24, 2.45) is 11.5 Å². The van der Waals surface area contributed by atoms with E-state index in [1.54, 1.807) is 0 Å². The van der Waals surface area contributed by atoms with Gasteiger partial charge in [-0.15, -0.1) is 0 Å². The molecule has 0 bridgehead atoms. The normalized spacial score (nSPS) is 12.6. The average molecular weight is 309 g/mol. The van der Waals surface area contributed by atoms with Crippen LogP contribution in [0.5, 0.6) is 0 Å². The van der Waals surface area contributed by atoms with Crippen LogP contribution in [0.4, 0.5) is 0 Å². The van der Waals surface area contributed by atoms with E-state index in [0.29, 0.717) is 13.0 Å². The summed E-state index contributed by atoms with van der Waals surface area (Å²) in [7, 11) is 0. The maximum absolute atomic E-state index is 10.3. The smallest absolute Gasteiger partial charge is 0.327 e. The fourth-order valence-electron chi connectivity index (χ4n) is 1.06. The third-order valence-corrected chi connectivity index (χ3v) is 2.51. The summed E-state index contributed by atoms with van der Waals surface area (Å²) < 4.78 is 0. The highest BCUT2D eigenvalue weighted by molar-refractivity contribution is 7.80. The van der Waals surface area contributed by atoms with Crippen molar-refractivity contribution in [1.29, 1.82) is 0 Å². The Morgan fingerprint density at radius 1 is 1.20 bits per heavy atom. The van der Waals surface area contributed by atoms with E-state index in [1.165, 1.54) is 6.92 Å². The molecule has 0 aromatic rings. The molecule has 0 heterocycles. The van der Waals surface area contributed by atoms with Crippen LogP contribution in [0.25, 0.3) is 0 Å². The van der Waals surface area contributed by atoms with Gasteiger partial charge in [0.2, 0.25) is 5.91 Å². The summed E-state index contributed by atoms with van der Waals surface area (Å²) in [5.41, 5.74) is 10.4. The molecule has 2 unspecified atom stereocenters. The molecule has 0 aliphatic rings. The first-order valence-electron chi connectivity index (χ1n) is 6.05. The lowest BCUT2D eigenvalue weighted by molar-refractivity contribution is -0.141. The molecule has 9 heteroatoms. The average Bonchev–Trinajstić information content (AvgIpc) is 2.36. The number of rotatable bonds is 8. The zero-order valence-corrected chi connectivity index (χ0v) is 12.3. The maximum atomic E-state index is 10.3. The molecule has 0 radical (unpaired) electrons. The van der Waals surface area contributed by atoms with Crippen molar-refractivity contribution in [2.45, 2.75) is 38.3 Å². The molecule has 2 atom stereocenters. The van der Waals surface area contributed by atoms with Crippen molar-refractivity contribution in [3.05, 3.63) is 0 Å². The van der Waals surface area contributed by atoms with Crippen LogP contribution in [-0.4, -0.2) is 52.4 Å². The SMILES string of the molecule is CC(=O)NC(CS)C(=O)O.NCCCCC(N)C(=O)O. The molecule has 0 fully saturated rings. The summed E-state index contributed by atoms with van der Waals surface area (Å²) in [6, 6.07) is -1.59. The second kappa shape index (κ2) is 12.7. The van der Waals surface area contributed by atoms with E-state index in [9.17, 15) is 14.4 Å². The van der Waals surface area contributed by atoms with E-state index < -0.39 is 24.0 Å². The van der Waals surface area contributed by atoms with Gasteiger partial charge < -0.3 is 27.0 Å². The number of carbonyl (C=O) groups is 3. The number of aliphatic carboxylic acids is 2. The first kappa shape index (κ1) is 21.0. The van der Waals surface area contributed by atoms with E-state index >= 15 is 0 Å². The number of hydrogen-bond acceptors (Lipinski definition) is 6. The van der Waals surface area contributed by atoms with Gasteiger partial charge in [0.25, 0.3) is 0 Å². The van der Waals surface area contributed by atoms with Crippen molar-refractivity contribution in [2.75, 3.05) is 12.3 Å². The van der Waals surface area contributed by atoms with Crippen LogP contribution in [-0.2, 0) is 14.4 Å². The van der Waals surface area contributed by atoms with Crippen molar-refractivity contribution in [3.8, 4) is 0 Å². The minimum absolute atomic E-state index is 0.106. The van der Waals surface area contributed by atoms with Gasteiger partial charge in [-0.25, -0.2) is 4.79 Å². The molecule has 7 N–H and O–H groups in total. The van der Waals surface area contributed by atoms with Gasteiger partial charge in [-0.05, 0) is 19.4 Å². The topological polar surface area (TPSA) is 156 Å². The molecular weight excluding hydrogens is 286 g/mol. The zero-order chi connectivity index (χ0) is 16.1. The number of nitrogens with two attached hydrogens (primary N) is 2. The Morgan fingerprint density at radius 2 is 1.75 bits per heavy atom. The molecule has 0 rings (SSSR count). The van der Waals surface area contributed by atoms with Crippen LogP contribution < -0.4 is 16.8 Å². The fourth-order valence-corrected chi connectivity index (χ4v) is 1.31. The Hall–Kier alpha value is -1.32. The van der Waals surface area contributed by atoms with E-state index in [1.807, 2.05) is 0 Å². The van der Waals surface area contributed by atoms with Crippen molar-refractivity contribution in [3.63, 3.8) is 0 Å². The molecule has 0 aliphatic carbocycles. The summed E-state index contributed by atoms with van der Waals surface area (Å²) in [4.78, 5) is 30.6. The summed E-state index contributed by atoms with van der Waals surface area (Å²) in [6.45, 7) is 1.87. The Labute approximate surface area is 123 Å². The van der Waals surface area contributed by atoms with E-state index in [-0.39, 0.29) is 11.7 Å². The highest BCUT2D eigenvalue weighted by Crippen LogP contribution is 1.96. The van der Waals surface area contributed by atoms with Gasteiger partial charge in [-0.2, -0.15) is 12.6 Å². The van der Waals surface area contributed by atoms with Gasteiger partial charge in [0.1, 0.15) is 12.1 Å². The number of hydrogen-bond donors (Lipinski definition) is 6. The molecule has 1 amide bonds. The van der Waals surface area contributed by atoms with Crippen molar-refractivity contribution in [1.82, 2.24) is 5.32 Å². The lowest BCUT2D eigenvalue weighted by Gasteiger charge is -2.08. The standard InChI is InChI=1S/C6H14N2O2.C5H9NO3S/c7-4-2-1-3-5(8)6(9)10;1-3(7)6-4(2-10)5(8)9/h5H,1-4,7-8H2,(H,9,10);4,10H,2H2,1H3,(H,6,7)(H,8,9). The molecule has 8 nitrogen and oxygen atoms in total. The summed E-state index contributed by atoms with van der Waals surface area (Å²) in [5, 5.41) is 18.9. The highest BCUT2D eigenvalue weighted by atomic mass is 32.1. The van der Waals surface area contributed by atoms with Gasteiger partial charge in [0, 0.05) is 12.7 Å². The Balaban J connectivity index is 0. The summed E-state index contributed by atoms with van der Waals surface area (Å²) >= 11 is 3.73. The third kappa shape index (κ3) is 13.1. The van der Waals surface area contributed by atoms with E-state index in [2.05, 4.69) is 17.9 Å². The molecule has 0 spiro atoms. The second-order valence-electron chi connectivity index (χ2n) is 4.00. The van der Waals surface area contributed by atoms with Gasteiger partial charge in [0.15, 0.2) is 0 Å². The number of unbranched alkanes of at least 4 members (excludes halogenated alkanes) is 1. The largest absolute Gasteiger partial charge is 0.480 e. The third-order valence-electron chi connectivity index (χ3n) is 2.14. The molecule has 0 aliphatic heterocycles. The fraction of sp³-hybridized carbons (Fsp3) is 0.727. The van der Waals surface area contributed by atoms with Crippen LogP contribution >= 0.6 is 12.6 Å². The predicted octanol–water partition coefficient (Wildman–Crippen LogP) is -0.967. The first-order chi connectivity index (χ1) is 9.26. The molecule has 0 saturated carbocycles. The number of nitrogens with one attached hydrogen (secondary N) is 1. The van der Waals surface area contributed by atoms with Gasteiger partial charge in [-0.1, -0.05) is 6.42 Å². The summed E-state index contributed by atoms with van der Waals surface area (Å²) in [6.07, 6.45) is 2.16. The Bertz CT molecular complexity index is 314. The lowest BCUT2D eigenvalue weighted by Crippen LogP contribution is -2.40. The van der Waals surface area contributed by atoms with Crippen molar-refractivity contribution >= 4 is 30.5 Å². The second-order valence-corrected chi connectivity index (χ2v) is 4.37. The van der Waals surface area contributed by atoms with Crippen LogP contribution in [0.3, 0.4) is 0 Å². The van der Waals surface area contributed by atoms with Crippen LogP contribution in [0.15, 0.2) is 0 Å².